The van der Waals surface area contributed by atoms with Crippen LogP contribution in [0.3, 0.4) is 0 Å². The molecule has 0 atom stereocenters. The van der Waals surface area contributed by atoms with Crippen molar-refractivity contribution < 1.29 is 0 Å². The minimum absolute atomic E-state index is 0.0265. The fraction of sp³-hybridized carbons (Fsp3) is 0.471. The molecular weight excluding hydrogens is 254 g/mol. The summed E-state index contributed by atoms with van der Waals surface area (Å²) in [5.74, 6) is 0. The van der Waals surface area contributed by atoms with E-state index in [4.69, 9.17) is 16.6 Å². The predicted molar refractivity (Wildman–Crippen MR) is 84.1 cm³/mol. The Hall–Kier alpha value is -1.08. The SMILES string of the molecule is CCCCc1ccc2nc(C(C)(C)C)cc(Cl)c2c1. The third-order valence-corrected chi connectivity index (χ3v) is 3.72. The van der Waals surface area contributed by atoms with Gasteiger partial charge in [-0.3, -0.25) is 4.98 Å². The van der Waals surface area contributed by atoms with E-state index in [2.05, 4.69) is 45.9 Å². The maximum absolute atomic E-state index is 6.43. The van der Waals surface area contributed by atoms with Crippen molar-refractivity contribution in [3.05, 3.63) is 40.5 Å². The zero-order valence-electron chi connectivity index (χ0n) is 12.3. The van der Waals surface area contributed by atoms with Crippen LogP contribution in [0.2, 0.25) is 5.02 Å². The van der Waals surface area contributed by atoms with Crippen LogP contribution in [-0.4, -0.2) is 4.98 Å². The molecule has 0 saturated carbocycles. The molecule has 0 aliphatic carbocycles. The van der Waals surface area contributed by atoms with E-state index in [9.17, 15) is 0 Å². The highest BCUT2D eigenvalue weighted by Gasteiger charge is 2.17. The number of hydrogen-bond donors (Lipinski definition) is 0. The van der Waals surface area contributed by atoms with Gasteiger partial charge in [-0.2, -0.15) is 0 Å². The zero-order chi connectivity index (χ0) is 14.0. The van der Waals surface area contributed by atoms with Gasteiger partial charge in [-0.1, -0.05) is 51.8 Å². The van der Waals surface area contributed by atoms with Gasteiger partial charge in [0.05, 0.1) is 10.5 Å². The molecule has 2 aromatic rings. The van der Waals surface area contributed by atoms with Gasteiger partial charge in [0.1, 0.15) is 0 Å². The van der Waals surface area contributed by atoms with Crippen LogP contribution in [-0.2, 0) is 11.8 Å². The van der Waals surface area contributed by atoms with E-state index >= 15 is 0 Å². The zero-order valence-corrected chi connectivity index (χ0v) is 13.0. The highest BCUT2D eigenvalue weighted by atomic mass is 35.5. The van der Waals surface area contributed by atoms with E-state index in [0.29, 0.717) is 0 Å². The summed E-state index contributed by atoms with van der Waals surface area (Å²) in [4.78, 5) is 4.74. The van der Waals surface area contributed by atoms with Crippen LogP contribution in [0.1, 0.15) is 51.8 Å². The summed E-state index contributed by atoms with van der Waals surface area (Å²) in [7, 11) is 0. The number of fused-ring (bicyclic) bond motifs is 1. The van der Waals surface area contributed by atoms with E-state index in [-0.39, 0.29) is 5.41 Å². The van der Waals surface area contributed by atoms with Gasteiger partial charge < -0.3 is 0 Å². The van der Waals surface area contributed by atoms with Crippen molar-refractivity contribution in [1.82, 2.24) is 4.98 Å². The standard InChI is InChI=1S/C17H22ClN/c1-5-6-7-12-8-9-15-13(10-12)14(18)11-16(19-15)17(2,3)4/h8-11H,5-7H2,1-4H3. The summed E-state index contributed by atoms with van der Waals surface area (Å²) < 4.78 is 0. The summed E-state index contributed by atoms with van der Waals surface area (Å²) in [5.41, 5.74) is 3.42. The Bertz CT molecular complexity index is 582. The Kier molecular flexibility index (Phi) is 4.15. The van der Waals surface area contributed by atoms with Crippen molar-refractivity contribution in [2.45, 2.75) is 52.4 Å². The van der Waals surface area contributed by atoms with Gasteiger partial charge in [0.25, 0.3) is 0 Å². The highest BCUT2D eigenvalue weighted by molar-refractivity contribution is 6.35. The van der Waals surface area contributed by atoms with Crippen LogP contribution in [0, 0.1) is 0 Å². The summed E-state index contributed by atoms with van der Waals surface area (Å²) >= 11 is 6.43. The summed E-state index contributed by atoms with van der Waals surface area (Å²) in [6, 6.07) is 8.47. The minimum Gasteiger partial charge on any atom is -0.252 e. The second-order valence-electron chi connectivity index (χ2n) is 6.19. The Morgan fingerprint density at radius 1 is 1.16 bits per heavy atom. The first-order valence-corrected chi connectivity index (χ1v) is 7.39. The highest BCUT2D eigenvalue weighted by Crippen LogP contribution is 2.29. The molecule has 0 N–H and O–H groups in total. The molecule has 0 aliphatic heterocycles. The smallest absolute Gasteiger partial charge is 0.0720 e. The van der Waals surface area contributed by atoms with Crippen LogP contribution < -0.4 is 0 Å². The molecule has 0 fully saturated rings. The maximum atomic E-state index is 6.43. The molecule has 0 spiro atoms. The van der Waals surface area contributed by atoms with Gasteiger partial charge >= 0.3 is 0 Å². The first-order chi connectivity index (χ1) is 8.91. The van der Waals surface area contributed by atoms with Crippen molar-refractivity contribution >= 4 is 22.5 Å². The van der Waals surface area contributed by atoms with Crippen LogP contribution in [0.5, 0.6) is 0 Å². The van der Waals surface area contributed by atoms with Crippen LogP contribution in [0.25, 0.3) is 10.9 Å². The van der Waals surface area contributed by atoms with Gasteiger partial charge in [0.15, 0.2) is 0 Å². The molecule has 0 bridgehead atoms. The first kappa shape index (κ1) is 14.3. The van der Waals surface area contributed by atoms with Crippen LogP contribution >= 0.6 is 11.6 Å². The molecule has 0 unspecified atom stereocenters. The van der Waals surface area contributed by atoms with Gasteiger partial charge in [-0.25, -0.2) is 0 Å². The van der Waals surface area contributed by atoms with E-state index in [1.165, 1.54) is 18.4 Å². The number of nitrogens with zero attached hydrogens (tertiary/aromatic N) is 1. The summed E-state index contributed by atoms with van der Waals surface area (Å²) in [6.45, 7) is 8.69. The molecule has 102 valence electrons. The second-order valence-corrected chi connectivity index (χ2v) is 6.60. The molecule has 1 heterocycles. The number of unbranched alkanes of at least 4 members (excludes halogenated alkanes) is 1. The van der Waals surface area contributed by atoms with Crippen LogP contribution in [0.4, 0.5) is 0 Å². The lowest BCUT2D eigenvalue weighted by molar-refractivity contribution is 0.571. The normalized spacial score (nSPS) is 12.1. The first-order valence-electron chi connectivity index (χ1n) is 7.01. The number of pyridine rings is 1. The largest absolute Gasteiger partial charge is 0.252 e. The maximum Gasteiger partial charge on any atom is 0.0720 e. The lowest BCUT2D eigenvalue weighted by Crippen LogP contribution is -2.13. The fourth-order valence-electron chi connectivity index (χ4n) is 2.15. The van der Waals surface area contributed by atoms with E-state index in [1.54, 1.807) is 0 Å². The number of aryl methyl sites for hydroxylation is 1. The Morgan fingerprint density at radius 2 is 1.89 bits per heavy atom. The van der Waals surface area contributed by atoms with Gasteiger partial charge in [-0.15, -0.1) is 0 Å². The Morgan fingerprint density at radius 3 is 2.53 bits per heavy atom. The van der Waals surface area contributed by atoms with Crippen LogP contribution in [0.15, 0.2) is 24.3 Å². The molecule has 0 amide bonds. The molecule has 2 heteroatoms. The molecule has 1 nitrogen and oxygen atoms in total. The van der Waals surface area contributed by atoms with Gasteiger partial charge in [0, 0.05) is 16.5 Å². The van der Waals surface area contributed by atoms with Crippen molar-refractivity contribution in [2.24, 2.45) is 0 Å². The number of halogens is 1. The van der Waals surface area contributed by atoms with E-state index < -0.39 is 0 Å². The predicted octanol–water partition coefficient (Wildman–Crippen LogP) is 5.53. The quantitative estimate of drug-likeness (QED) is 0.718. The molecular formula is C17H22ClN. The third-order valence-electron chi connectivity index (χ3n) is 3.41. The number of aromatic nitrogens is 1. The third kappa shape index (κ3) is 3.27. The Balaban J connectivity index is 2.48. The van der Waals surface area contributed by atoms with Gasteiger partial charge in [-0.05, 0) is 36.6 Å². The molecule has 0 radical (unpaired) electrons. The average molecular weight is 276 g/mol. The van der Waals surface area contributed by atoms with Crippen molar-refractivity contribution in [1.29, 1.82) is 0 Å². The lowest BCUT2D eigenvalue weighted by Gasteiger charge is -2.19. The molecule has 2 rings (SSSR count). The molecule has 1 aromatic heterocycles. The summed E-state index contributed by atoms with van der Waals surface area (Å²) in [5, 5.41) is 1.89. The van der Waals surface area contributed by atoms with Gasteiger partial charge in [0.2, 0.25) is 0 Å². The second kappa shape index (κ2) is 5.50. The number of rotatable bonds is 3. The van der Waals surface area contributed by atoms with Crippen molar-refractivity contribution in [2.75, 3.05) is 0 Å². The van der Waals surface area contributed by atoms with Crippen molar-refractivity contribution in [3.63, 3.8) is 0 Å². The lowest BCUT2D eigenvalue weighted by atomic mass is 9.91. The molecule has 0 aliphatic rings. The van der Waals surface area contributed by atoms with E-state index in [1.807, 2.05) is 6.07 Å². The fourth-order valence-corrected chi connectivity index (χ4v) is 2.41. The van der Waals surface area contributed by atoms with Crippen molar-refractivity contribution in [3.8, 4) is 0 Å². The molecule has 19 heavy (non-hydrogen) atoms. The number of hydrogen-bond acceptors (Lipinski definition) is 1. The average Bonchev–Trinajstić information content (AvgIpc) is 2.35. The molecule has 0 saturated heterocycles. The van der Waals surface area contributed by atoms with E-state index in [0.717, 1.165) is 28.0 Å². The topological polar surface area (TPSA) is 12.9 Å². The summed E-state index contributed by atoms with van der Waals surface area (Å²) in [6.07, 6.45) is 3.55. The monoisotopic (exact) mass is 275 g/mol. The minimum atomic E-state index is 0.0265. The Labute approximate surface area is 121 Å². The molecule has 1 aromatic carbocycles. The number of benzene rings is 1.